The van der Waals surface area contributed by atoms with Gasteiger partial charge in [-0.2, -0.15) is 5.10 Å². The number of rotatable bonds is 4. The number of hydrogen-bond donors (Lipinski definition) is 0. The van der Waals surface area contributed by atoms with E-state index in [1.807, 2.05) is 27.7 Å². The average molecular weight is 425 g/mol. The molecular formula is C23H24N2O4S. The quantitative estimate of drug-likeness (QED) is 0.526. The number of aryl methyl sites for hydroxylation is 2. The van der Waals surface area contributed by atoms with Crippen molar-refractivity contribution in [2.45, 2.75) is 49.9 Å². The normalized spacial score (nSPS) is 12.8. The second-order valence-electron chi connectivity index (χ2n) is 8.17. The predicted molar refractivity (Wildman–Crippen MR) is 115 cm³/mol. The van der Waals surface area contributed by atoms with Crippen LogP contribution in [-0.2, 0) is 5.54 Å². The summed E-state index contributed by atoms with van der Waals surface area (Å²) in [4.78, 5) is 14.9. The van der Waals surface area contributed by atoms with Gasteiger partial charge in [0, 0.05) is 4.90 Å². The van der Waals surface area contributed by atoms with Crippen molar-refractivity contribution in [3.8, 4) is 17.4 Å². The van der Waals surface area contributed by atoms with Gasteiger partial charge in [-0.05, 0) is 65.0 Å². The van der Waals surface area contributed by atoms with Gasteiger partial charge in [-0.1, -0.05) is 29.5 Å². The smallest absolute Gasteiger partial charge is 0.345 e. The first-order chi connectivity index (χ1) is 14.2. The lowest BCUT2D eigenvalue weighted by atomic mass is 10.1. The van der Waals surface area contributed by atoms with Crippen LogP contribution in [0.15, 0.2) is 52.3 Å². The fraction of sp³-hybridized carbons (Fsp3) is 0.304. The van der Waals surface area contributed by atoms with E-state index in [-0.39, 0.29) is 12.3 Å². The minimum atomic E-state index is -0.468. The molecule has 0 saturated heterocycles. The Bertz CT molecular complexity index is 1100. The van der Waals surface area contributed by atoms with E-state index in [4.69, 9.17) is 14.2 Å². The maximum absolute atomic E-state index is 13.0. The van der Waals surface area contributed by atoms with Crippen molar-refractivity contribution in [1.82, 2.24) is 9.78 Å². The van der Waals surface area contributed by atoms with Crippen LogP contribution in [0.4, 0.5) is 0 Å². The predicted octanol–water partition coefficient (Wildman–Crippen LogP) is 5.35. The van der Waals surface area contributed by atoms with Crippen molar-refractivity contribution in [1.29, 1.82) is 0 Å². The molecule has 0 atom stereocenters. The van der Waals surface area contributed by atoms with E-state index >= 15 is 0 Å². The van der Waals surface area contributed by atoms with Gasteiger partial charge < -0.3 is 14.2 Å². The van der Waals surface area contributed by atoms with Gasteiger partial charge in [0.2, 0.25) is 12.7 Å². The van der Waals surface area contributed by atoms with Gasteiger partial charge in [0.05, 0.1) is 21.7 Å². The molecule has 0 aliphatic carbocycles. The van der Waals surface area contributed by atoms with Crippen LogP contribution in [0.1, 0.15) is 42.4 Å². The maximum Gasteiger partial charge on any atom is 0.345 e. The molecule has 4 rings (SSSR count). The fourth-order valence-corrected chi connectivity index (χ4v) is 3.96. The minimum Gasteiger partial charge on any atom is -0.454 e. The molecule has 0 bridgehead atoms. The Morgan fingerprint density at radius 3 is 2.47 bits per heavy atom. The molecule has 0 spiro atoms. The molecular weight excluding hydrogens is 400 g/mol. The highest BCUT2D eigenvalue weighted by molar-refractivity contribution is 7.99. The molecule has 1 aromatic heterocycles. The molecule has 0 amide bonds. The Balaban J connectivity index is 1.69. The summed E-state index contributed by atoms with van der Waals surface area (Å²) in [5, 5.41) is 4.67. The summed E-state index contributed by atoms with van der Waals surface area (Å²) in [7, 11) is 0. The zero-order valence-electron chi connectivity index (χ0n) is 17.7. The van der Waals surface area contributed by atoms with Crippen molar-refractivity contribution < 1.29 is 19.0 Å². The van der Waals surface area contributed by atoms with Gasteiger partial charge in [0.1, 0.15) is 0 Å². The zero-order valence-corrected chi connectivity index (χ0v) is 18.5. The van der Waals surface area contributed by atoms with Gasteiger partial charge in [-0.25, -0.2) is 9.48 Å². The molecule has 2 heterocycles. The van der Waals surface area contributed by atoms with Crippen molar-refractivity contribution in [3.63, 3.8) is 0 Å². The van der Waals surface area contributed by atoms with Crippen LogP contribution in [0.2, 0.25) is 0 Å². The molecule has 0 unspecified atom stereocenters. The molecule has 0 radical (unpaired) electrons. The summed E-state index contributed by atoms with van der Waals surface area (Å²) in [5.74, 6) is 1.13. The molecule has 156 valence electrons. The van der Waals surface area contributed by atoms with Crippen LogP contribution in [0.25, 0.3) is 0 Å². The van der Waals surface area contributed by atoms with E-state index < -0.39 is 5.97 Å². The van der Waals surface area contributed by atoms with Crippen molar-refractivity contribution in [2.24, 2.45) is 0 Å². The van der Waals surface area contributed by atoms with Crippen LogP contribution >= 0.6 is 11.8 Å². The fourth-order valence-electron chi connectivity index (χ4n) is 3.05. The molecule has 7 heteroatoms. The van der Waals surface area contributed by atoms with Gasteiger partial charge in [0.25, 0.3) is 0 Å². The van der Waals surface area contributed by atoms with Crippen LogP contribution < -0.4 is 14.2 Å². The highest BCUT2D eigenvalue weighted by Crippen LogP contribution is 2.40. The third kappa shape index (κ3) is 4.03. The number of fused-ring (bicyclic) bond motifs is 1. The largest absolute Gasteiger partial charge is 0.454 e. The average Bonchev–Trinajstić information content (AvgIpc) is 3.28. The van der Waals surface area contributed by atoms with Crippen molar-refractivity contribution in [2.75, 3.05) is 6.79 Å². The number of carbonyl (C=O) groups excluding carboxylic acids is 1. The minimum absolute atomic E-state index is 0.154. The third-order valence-corrected chi connectivity index (χ3v) is 5.82. The highest BCUT2D eigenvalue weighted by Gasteiger charge is 2.28. The van der Waals surface area contributed by atoms with E-state index in [0.29, 0.717) is 22.9 Å². The van der Waals surface area contributed by atoms with Gasteiger partial charge in [-0.3, -0.25) is 0 Å². The topological polar surface area (TPSA) is 62.6 Å². The van der Waals surface area contributed by atoms with E-state index in [9.17, 15) is 4.79 Å². The lowest BCUT2D eigenvalue weighted by Gasteiger charge is -2.22. The first-order valence-corrected chi connectivity index (χ1v) is 10.5. The van der Waals surface area contributed by atoms with Crippen LogP contribution in [0.3, 0.4) is 0 Å². The number of ether oxygens (including phenoxy) is 3. The Labute approximate surface area is 180 Å². The van der Waals surface area contributed by atoms with E-state index in [1.54, 1.807) is 22.9 Å². The summed E-state index contributed by atoms with van der Waals surface area (Å²) in [6, 6.07) is 13.3. The molecule has 3 aromatic rings. The maximum atomic E-state index is 13.0. The number of nitrogens with zero attached hydrogens (tertiary/aromatic N) is 2. The Morgan fingerprint density at radius 1 is 1.07 bits per heavy atom. The van der Waals surface area contributed by atoms with Crippen molar-refractivity contribution >= 4 is 17.7 Å². The van der Waals surface area contributed by atoms with Gasteiger partial charge in [0.15, 0.2) is 11.5 Å². The zero-order chi connectivity index (χ0) is 21.5. The Kier molecular flexibility index (Phi) is 5.24. The van der Waals surface area contributed by atoms with Crippen molar-refractivity contribution in [3.05, 3.63) is 59.3 Å². The number of carbonyl (C=O) groups is 1. The summed E-state index contributed by atoms with van der Waals surface area (Å²) < 4.78 is 18.4. The van der Waals surface area contributed by atoms with Gasteiger partial charge in [-0.15, -0.1) is 0 Å². The number of benzene rings is 2. The monoisotopic (exact) mass is 424 g/mol. The molecule has 2 aromatic carbocycles. The summed E-state index contributed by atoms with van der Waals surface area (Å²) in [5.41, 5.74) is 2.03. The van der Waals surface area contributed by atoms with Crippen LogP contribution in [0.5, 0.6) is 17.4 Å². The summed E-state index contributed by atoms with van der Waals surface area (Å²) >= 11 is 1.54. The highest BCUT2D eigenvalue weighted by atomic mass is 32.2. The number of aromatic nitrogens is 2. The van der Waals surface area contributed by atoms with E-state index in [2.05, 4.69) is 36.3 Å². The Hall–Kier alpha value is -2.93. The number of hydrogen-bond acceptors (Lipinski definition) is 6. The Morgan fingerprint density at radius 2 is 1.77 bits per heavy atom. The second-order valence-corrected chi connectivity index (χ2v) is 9.26. The second kappa shape index (κ2) is 7.72. The molecule has 1 aliphatic rings. The lowest BCUT2D eigenvalue weighted by Crippen LogP contribution is -2.25. The SMILES string of the molecule is Cc1ccc(Sc2c(C)nn(C(C)(C)C)c2OC(=O)c2ccc3c(c2)OCO3)cc1. The molecule has 30 heavy (non-hydrogen) atoms. The summed E-state index contributed by atoms with van der Waals surface area (Å²) in [6.07, 6.45) is 0. The molecule has 0 fully saturated rings. The van der Waals surface area contributed by atoms with Crippen LogP contribution in [-0.4, -0.2) is 22.5 Å². The lowest BCUT2D eigenvalue weighted by molar-refractivity contribution is 0.0703. The van der Waals surface area contributed by atoms with E-state index in [0.717, 1.165) is 15.5 Å². The standard InChI is InChI=1S/C23H24N2O4S/c1-14-6-9-17(10-7-14)30-20-15(2)24-25(23(3,4)5)21(20)29-22(26)16-8-11-18-19(12-16)28-13-27-18/h6-12H,13H2,1-5H3. The number of esters is 1. The molecule has 0 saturated carbocycles. The first-order valence-electron chi connectivity index (χ1n) is 9.69. The van der Waals surface area contributed by atoms with E-state index in [1.165, 1.54) is 17.3 Å². The first kappa shape index (κ1) is 20.3. The molecule has 0 N–H and O–H groups in total. The molecule has 1 aliphatic heterocycles. The molecule has 6 nitrogen and oxygen atoms in total. The summed E-state index contributed by atoms with van der Waals surface area (Å²) in [6.45, 7) is 10.2. The van der Waals surface area contributed by atoms with Crippen LogP contribution in [0, 0.1) is 13.8 Å². The van der Waals surface area contributed by atoms with Gasteiger partial charge >= 0.3 is 5.97 Å². The third-order valence-electron chi connectivity index (χ3n) is 4.64.